The van der Waals surface area contributed by atoms with E-state index >= 15 is 0 Å². The van der Waals surface area contributed by atoms with E-state index in [4.69, 9.17) is 14.8 Å². The number of carboxylic acid groups (broad SMARTS) is 1. The third-order valence-electron chi connectivity index (χ3n) is 10.3. The fraction of sp³-hybridized carbons (Fsp3) is 0.557. The van der Waals surface area contributed by atoms with Crippen molar-refractivity contribution in [3.8, 4) is 6.07 Å². The first-order chi connectivity index (χ1) is 33.7. The maximum absolute atomic E-state index is 10.9. The van der Waals surface area contributed by atoms with E-state index < -0.39 is 5.97 Å². The highest BCUT2D eigenvalue weighted by Crippen LogP contribution is 2.27. The molecule has 0 atom stereocenters. The van der Waals surface area contributed by atoms with Crippen molar-refractivity contribution in [2.24, 2.45) is 36.2 Å². The minimum Gasteiger partial charge on any atom is -0.476 e. The van der Waals surface area contributed by atoms with Gasteiger partial charge < -0.3 is 9.52 Å². The number of aliphatic imine (C=N–C) groups is 4. The second kappa shape index (κ2) is 29.3. The van der Waals surface area contributed by atoms with Gasteiger partial charge in [0.05, 0.1) is 30.2 Å². The molecule has 412 valence electrons. The van der Waals surface area contributed by atoms with E-state index in [0.29, 0.717) is 22.6 Å². The summed E-state index contributed by atoms with van der Waals surface area (Å²) in [5.41, 5.74) is 7.92. The van der Waals surface area contributed by atoms with Gasteiger partial charge in [0.1, 0.15) is 23.9 Å². The van der Waals surface area contributed by atoms with E-state index in [9.17, 15) is 9.59 Å². The van der Waals surface area contributed by atoms with Gasteiger partial charge in [-0.2, -0.15) is 5.26 Å². The number of thiazole rings is 1. The third kappa shape index (κ3) is 26.8. The first-order valence-electron chi connectivity index (χ1n) is 25.1. The Kier molecular flexibility index (Phi) is 26.9. The molecule has 0 aromatic carbocycles. The predicted molar refractivity (Wildman–Crippen MR) is 317 cm³/mol. The molecule has 7 heterocycles. The van der Waals surface area contributed by atoms with Crippen molar-refractivity contribution in [1.82, 2.24) is 19.9 Å². The van der Waals surface area contributed by atoms with Crippen LogP contribution in [0.25, 0.3) is 0 Å². The number of oxazole rings is 1. The number of hydrogen-bond donors (Lipinski definition) is 1. The molecular weight excluding hydrogens is 955 g/mol. The summed E-state index contributed by atoms with van der Waals surface area (Å²) in [6, 6.07) is 9.91. The van der Waals surface area contributed by atoms with E-state index in [0.717, 1.165) is 41.9 Å². The quantitative estimate of drug-likeness (QED) is 0.190. The van der Waals surface area contributed by atoms with Gasteiger partial charge in [-0.25, -0.2) is 19.8 Å². The van der Waals surface area contributed by atoms with Crippen molar-refractivity contribution in [2.45, 2.75) is 188 Å². The zero-order valence-corrected chi connectivity index (χ0v) is 50.0. The highest BCUT2D eigenvalue weighted by atomic mass is 32.1. The average Bonchev–Trinajstić information content (AvgIpc) is 4.13. The van der Waals surface area contributed by atoms with Crippen LogP contribution in [-0.2, 0) is 21.7 Å². The summed E-state index contributed by atoms with van der Waals surface area (Å²) in [5, 5.41) is 19.6. The molecule has 13 nitrogen and oxygen atoms in total. The van der Waals surface area contributed by atoms with Gasteiger partial charge in [0.2, 0.25) is 0 Å². The fourth-order valence-electron chi connectivity index (χ4n) is 5.78. The average molecular weight is 1050 g/mol. The first kappa shape index (κ1) is 68.9. The highest BCUT2D eigenvalue weighted by Gasteiger charge is 2.23. The lowest BCUT2D eigenvalue weighted by molar-refractivity contribution is 0.0690. The van der Waals surface area contributed by atoms with Crippen LogP contribution in [-0.4, -0.2) is 80.4 Å². The van der Waals surface area contributed by atoms with Crippen molar-refractivity contribution in [3.05, 3.63) is 117 Å². The van der Waals surface area contributed by atoms with Crippen LogP contribution >= 0.6 is 11.3 Å². The van der Waals surface area contributed by atoms with Crippen molar-refractivity contribution in [2.75, 3.05) is 19.6 Å². The van der Waals surface area contributed by atoms with Gasteiger partial charge in [-0.15, -0.1) is 11.3 Å². The van der Waals surface area contributed by atoms with Crippen molar-refractivity contribution in [3.63, 3.8) is 0 Å². The highest BCUT2D eigenvalue weighted by molar-refractivity contribution is 7.10. The number of aryl methyl sites for hydroxylation is 1. The molecule has 0 fully saturated rings. The van der Waals surface area contributed by atoms with Gasteiger partial charge in [-0.1, -0.05) is 165 Å². The minimum atomic E-state index is -0.957. The Morgan fingerprint density at radius 2 is 1.31 bits per heavy atom. The molecular formula is C61H93N9O4S. The lowest BCUT2D eigenvalue weighted by atomic mass is 9.88. The Hall–Kier alpha value is -6.07. The van der Waals surface area contributed by atoms with Gasteiger partial charge in [-0.3, -0.25) is 29.7 Å². The number of hydrogen-bond acceptors (Lipinski definition) is 13. The standard InChI is InChI=1S/C10H12N2.C10H15N.C9H13NO2.C8H11NO2S.2C8H13N.C7H12N2.CH4/c1-10(2,3)9-5-4-8(6-11)7-12-9;1-8-5-6-11-9(7-8)10(2,3)4;1-6(11)7-5-12-8(10-7)9(2,3)4;1-8(2,3)7-9-5(4-12-7)6(10)11;1-8(2,3)7-4-5-9-6-7;1-8(2,3)7-5-4-6-9-7;1-7(2,3)6-8-4-5-9-6;/h4-5,7H,1-3H3;5-7H,1-4H3;5H,1-4H3;4H,1-3H3,(H,10,11);4,6H,5H2,1-3H3;4-5H,6H2,1-3H3;4H,5H2,1-3H3;1H4. The fourth-order valence-corrected chi connectivity index (χ4v) is 6.66. The molecule has 0 bridgehead atoms. The Morgan fingerprint density at radius 1 is 0.693 bits per heavy atom. The van der Waals surface area contributed by atoms with E-state index in [1.54, 1.807) is 17.6 Å². The summed E-state index contributed by atoms with van der Waals surface area (Å²) in [7, 11) is 0. The second-order valence-electron chi connectivity index (χ2n) is 25.2. The molecule has 4 aromatic rings. The monoisotopic (exact) mass is 1050 g/mol. The Labute approximate surface area is 456 Å². The molecule has 0 saturated carbocycles. The number of nitrogens with zero attached hydrogens (tertiary/aromatic N) is 9. The summed E-state index contributed by atoms with van der Waals surface area (Å²) in [4.78, 5) is 54.7. The number of amidine groups is 1. The van der Waals surface area contributed by atoms with Crippen LogP contribution < -0.4 is 0 Å². The van der Waals surface area contributed by atoms with Gasteiger partial charge >= 0.3 is 5.97 Å². The van der Waals surface area contributed by atoms with Gasteiger partial charge in [0.25, 0.3) is 0 Å². The molecule has 75 heavy (non-hydrogen) atoms. The summed E-state index contributed by atoms with van der Waals surface area (Å²) in [5.74, 6) is 0.561. The molecule has 14 heteroatoms. The molecule has 0 saturated heterocycles. The number of Topliss-reactive ketones (excluding diaryl/α,β-unsaturated/α-hetero) is 1. The van der Waals surface area contributed by atoms with E-state index in [2.05, 4.69) is 175 Å². The minimum absolute atomic E-state index is 0. The van der Waals surface area contributed by atoms with E-state index in [1.807, 2.05) is 78.4 Å². The summed E-state index contributed by atoms with van der Waals surface area (Å²) in [6.45, 7) is 50.4. The number of carboxylic acids is 1. The number of allylic oxidation sites excluding steroid dienone is 2. The van der Waals surface area contributed by atoms with Crippen LogP contribution in [0, 0.1) is 34.5 Å². The van der Waals surface area contributed by atoms with Crippen LogP contribution in [0.3, 0.4) is 0 Å². The number of carbonyl (C=O) groups is 2. The van der Waals surface area contributed by atoms with Crippen LogP contribution in [0.4, 0.5) is 0 Å². The van der Waals surface area contributed by atoms with Crippen LogP contribution in [0.15, 0.2) is 96.5 Å². The van der Waals surface area contributed by atoms with E-state index in [1.165, 1.54) is 41.4 Å². The van der Waals surface area contributed by atoms with Gasteiger partial charge in [0, 0.05) is 86.7 Å². The zero-order chi connectivity index (χ0) is 57.1. The number of rotatable bonds is 2. The number of aromatic carboxylic acids is 1. The topological polar surface area (TPSA) is 192 Å². The summed E-state index contributed by atoms with van der Waals surface area (Å²) in [6.07, 6.45) is 15.1. The number of nitriles is 1. The summed E-state index contributed by atoms with van der Waals surface area (Å²) >= 11 is 1.39. The van der Waals surface area contributed by atoms with Crippen molar-refractivity contribution >= 4 is 47.1 Å². The molecule has 0 amide bonds. The molecule has 0 radical (unpaired) electrons. The largest absolute Gasteiger partial charge is 0.476 e. The molecule has 4 aromatic heterocycles. The van der Waals surface area contributed by atoms with Crippen LogP contribution in [0.5, 0.6) is 0 Å². The second-order valence-corrected chi connectivity index (χ2v) is 26.1. The van der Waals surface area contributed by atoms with Gasteiger partial charge in [-0.05, 0) is 53.8 Å². The first-order valence-corrected chi connectivity index (χ1v) is 26.0. The van der Waals surface area contributed by atoms with Crippen molar-refractivity contribution in [1.29, 1.82) is 5.26 Å². The lowest BCUT2D eigenvalue weighted by Gasteiger charge is -2.17. The zero-order valence-electron chi connectivity index (χ0n) is 49.2. The Morgan fingerprint density at radius 3 is 1.57 bits per heavy atom. The maximum atomic E-state index is 10.9. The van der Waals surface area contributed by atoms with Crippen molar-refractivity contribution < 1.29 is 19.1 Å². The predicted octanol–water partition coefficient (Wildman–Crippen LogP) is 15.5. The lowest BCUT2D eigenvalue weighted by Crippen LogP contribution is -2.16. The molecule has 3 aliphatic heterocycles. The number of ketones is 1. The van der Waals surface area contributed by atoms with E-state index in [-0.39, 0.29) is 51.4 Å². The SMILES string of the molecule is C.CC(=O)c1coc(C(C)(C)C)n1.CC(C)(C)C1=CCN=C1.CC(C)(C)C1=NCC=C1.CC(C)(C)C1=NCC=N1.CC(C)(C)c1ccc(C#N)cn1.CC(C)(C)c1nc(C(=O)O)cs1.Cc1ccnc(C(C)(C)C)c1. The molecule has 7 rings (SSSR count). The molecule has 1 N–H and O–H groups in total. The molecule has 0 spiro atoms. The van der Waals surface area contributed by atoms with Crippen LogP contribution in [0.2, 0.25) is 0 Å². The van der Waals surface area contributed by atoms with Gasteiger partial charge in [0.15, 0.2) is 17.4 Å². The third-order valence-corrected chi connectivity index (χ3v) is 11.6. The Balaban J connectivity index is 0.000000853. The summed E-state index contributed by atoms with van der Waals surface area (Å²) < 4.78 is 5.16. The maximum Gasteiger partial charge on any atom is 0.355 e. The number of pyridine rings is 2. The normalized spacial score (nSPS) is 13.8. The number of aromatic nitrogens is 4. The Bertz CT molecular complexity index is 2480. The van der Waals surface area contributed by atoms with Crippen LogP contribution in [0.1, 0.15) is 214 Å². The number of carbonyl (C=O) groups excluding carboxylic acids is 1. The smallest absolute Gasteiger partial charge is 0.355 e. The molecule has 0 aliphatic carbocycles. The molecule has 3 aliphatic rings. The molecule has 0 unspecified atom stereocenters.